The highest BCUT2D eigenvalue weighted by Gasteiger charge is 2.32. The summed E-state index contributed by atoms with van der Waals surface area (Å²) in [6.45, 7) is 3.57. The zero-order valence-corrected chi connectivity index (χ0v) is 16.3. The Kier molecular flexibility index (Phi) is 5.08. The molecular formula is C20H22F2N4O3. The Labute approximate surface area is 166 Å². The van der Waals surface area contributed by atoms with Crippen molar-refractivity contribution in [3.63, 3.8) is 0 Å². The highest BCUT2D eigenvalue weighted by molar-refractivity contribution is 5.97. The van der Waals surface area contributed by atoms with E-state index in [-0.39, 0.29) is 35.8 Å². The molecule has 154 valence electrons. The molecule has 3 heterocycles. The van der Waals surface area contributed by atoms with Crippen LogP contribution in [0, 0.1) is 11.6 Å². The first kappa shape index (κ1) is 19.5. The van der Waals surface area contributed by atoms with E-state index in [1.807, 2.05) is 6.92 Å². The summed E-state index contributed by atoms with van der Waals surface area (Å²) >= 11 is 0. The van der Waals surface area contributed by atoms with Crippen LogP contribution < -0.4 is 15.4 Å². The average Bonchev–Trinajstić information content (AvgIpc) is 3.03. The number of halogens is 2. The van der Waals surface area contributed by atoms with E-state index in [1.165, 1.54) is 19.2 Å². The van der Waals surface area contributed by atoms with Gasteiger partial charge in [0.25, 0.3) is 5.56 Å². The van der Waals surface area contributed by atoms with E-state index >= 15 is 0 Å². The van der Waals surface area contributed by atoms with Crippen molar-refractivity contribution in [2.24, 2.45) is 7.05 Å². The van der Waals surface area contributed by atoms with Crippen LogP contribution in [-0.4, -0.2) is 47.8 Å². The van der Waals surface area contributed by atoms with Crippen molar-refractivity contribution in [2.75, 3.05) is 36.1 Å². The van der Waals surface area contributed by atoms with Gasteiger partial charge >= 0.3 is 0 Å². The number of carbonyl (C=O) groups excluding carboxylic acids is 1. The van der Waals surface area contributed by atoms with Crippen molar-refractivity contribution in [1.29, 1.82) is 0 Å². The Balaban J connectivity index is 1.65. The summed E-state index contributed by atoms with van der Waals surface area (Å²) in [7, 11) is 1.40. The molecule has 0 radical (unpaired) electrons. The van der Waals surface area contributed by atoms with E-state index in [0.29, 0.717) is 38.4 Å². The fourth-order valence-electron chi connectivity index (χ4n) is 3.95. The minimum absolute atomic E-state index is 0.0452. The lowest BCUT2D eigenvalue weighted by Gasteiger charge is -2.28. The third kappa shape index (κ3) is 3.50. The van der Waals surface area contributed by atoms with Gasteiger partial charge in [-0.25, -0.2) is 9.37 Å². The SMILES string of the molecule is C[C@@H]1Cc2cc(F)ccc2N1C(=O)Cc1nc(N2CCOCC2)c(F)c(=O)n1C. The lowest BCUT2D eigenvalue weighted by atomic mass is 10.1. The van der Waals surface area contributed by atoms with Crippen LogP contribution in [-0.2, 0) is 29.4 Å². The molecule has 9 heteroatoms. The molecule has 1 aromatic carbocycles. The highest BCUT2D eigenvalue weighted by atomic mass is 19.1. The number of anilines is 2. The summed E-state index contributed by atoms with van der Waals surface area (Å²) in [4.78, 5) is 33.0. The topological polar surface area (TPSA) is 67.7 Å². The van der Waals surface area contributed by atoms with E-state index < -0.39 is 11.4 Å². The Morgan fingerprint density at radius 3 is 2.72 bits per heavy atom. The minimum atomic E-state index is -0.930. The zero-order chi connectivity index (χ0) is 20.7. The third-order valence-electron chi connectivity index (χ3n) is 5.46. The number of benzene rings is 1. The lowest BCUT2D eigenvalue weighted by molar-refractivity contribution is -0.118. The number of amides is 1. The van der Waals surface area contributed by atoms with Crippen LogP contribution in [0.4, 0.5) is 20.3 Å². The summed E-state index contributed by atoms with van der Waals surface area (Å²) in [5.74, 6) is -1.41. The third-order valence-corrected chi connectivity index (χ3v) is 5.46. The number of fused-ring (bicyclic) bond motifs is 1. The first-order valence-electron chi connectivity index (χ1n) is 9.55. The van der Waals surface area contributed by atoms with E-state index in [1.54, 1.807) is 15.9 Å². The van der Waals surface area contributed by atoms with Gasteiger partial charge in [0, 0.05) is 31.9 Å². The maximum atomic E-state index is 14.6. The van der Waals surface area contributed by atoms with Gasteiger partial charge in [-0.05, 0) is 37.1 Å². The molecule has 1 saturated heterocycles. The number of hydrogen-bond donors (Lipinski definition) is 0. The van der Waals surface area contributed by atoms with Crippen LogP contribution >= 0.6 is 0 Å². The normalized spacial score (nSPS) is 18.8. The van der Waals surface area contributed by atoms with Gasteiger partial charge in [0.15, 0.2) is 5.82 Å². The second kappa shape index (κ2) is 7.55. The molecule has 0 bridgehead atoms. The maximum absolute atomic E-state index is 14.6. The maximum Gasteiger partial charge on any atom is 0.291 e. The molecule has 4 rings (SSSR count). The predicted molar refractivity (Wildman–Crippen MR) is 103 cm³/mol. The zero-order valence-electron chi connectivity index (χ0n) is 16.3. The van der Waals surface area contributed by atoms with Gasteiger partial charge in [-0.3, -0.25) is 14.2 Å². The molecule has 2 aliphatic heterocycles. The minimum Gasteiger partial charge on any atom is -0.378 e. The number of hydrogen-bond acceptors (Lipinski definition) is 5. The Morgan fingerprint density at radius 1 is 1.28 bits per heavy atom. The monoisotopic (exact) mass is 404 g/mol. The van der Waals surface area contributed by atoms with E-state index in [4.69, 9.17) is 4.74 Å². The number of carbonyl (C=O) groups is 1. The molecule has 0 saturated carbocycles. The Hall–Kier alpha value is -2.81. The lowest BCUT2D eigenvalue weighted by Crippen LogP contribution is -2.41. The number of nitrogens with zero attached hydrogens (tertiary/aromatic N) is 4. The van der Waals surface area contributed by atoms with Crippen molar-refractivity contribution in [3.8, 4) is 0 Å². The number of aromatic nitrogens is 2. The highest BCUT2D eigenvalue weighted by Crippen LogP contribution is 2.33. The first-order chi connectivity index (χ1) is 13.9. The van der Waals surface area contributed by atoms with Crippen LogP contribution in [0.2, 0.25) is 0 Å². The number of morpholine rings is 1. The van der Waals surface area contributed by atoms with Gasteiger partial charge in [-0.1, -0.05) is 0 Å². The largest absolute Gasteiger partial charge is 0.378 e. The molecule has 0 spiro atoms. The molecule has 1 amide bonds. The predicted octanol–water partition coefficient (Wildman–Crippen LogP) is 1.42. The van der Waals surface area contributed by atoms with Gasteiger partial charge in [-0.2, -0.15) is 4.39 Å². The van der Waals surface area contributed by atoms with Crippen LogP contribution in [0.3, 0.4) is 0 Å². The fourth-order valence-corrected chi connectivity index (χ4v) is 3.95. The van der Waals surface area contributed by atoms with Crippen molar-refractivity contribution in [3.05, 3.63) is 51.6 Å². The van der Waals surface area contributed by atoms with Crippen LogP contribution in [0.1, 0.15) is 18.3 Å². The molecule has 2 aliphatic rings. The fraction of sp³-hybridized carbons (Fsp3) is 0.450. The number of ether oxygens (including phenoxy) is 1. The van der Waals surface area contributed by atoms with Crippen molar-refractivity contribution >= 4 is 17.4 Å². The second-order valence-electron chi connectivity index (χ2n) is 7.40. The van der Waals surface area contributed by atoms with Crippen LogP contribution in [0.5, 0.6) is 0 Å². The summed E-state index contributed by atoms with van der Waals surface area (Å²) in [5.41, 5.74) is 0.603. The van der Waals surface area contributed by atoms with Crippen LogP contribution in [0.25, 0.3) is 0 Å². The van der Waals surface area contributed by atoms with Gasteiger partial charge in [0.2, 0.25) is 11.7 Å². The molecule has 2 aromatic rings. The quantitative estimate of drug-likeness (QED) is 0.774. The molecule has 0 unspecified atom stereocenters. The van der Waals surface area contributed by atoms with Gasteiger partial charge in [0.05, 0.1) is 19.6 Å². The average molecular weight is 404 g/mol. The standard InChI is InChI=1S/C20H22F2N4O3/c1-12-9-13-10-14(21)3-4-15(13)26(12)17(27)11-16-23-19(18(22)20(28)24(16)2)25-5-7-29-8-6-25/h3-4,10,12H,5-9,11H2,1-2H3/t12-/m1/s1. The Bertz CT molecular complexity index is 1020. The number of rotatable bonds is 3. The summed E-state index contributed by atoms with van der Waals surface area (Å²) in [5, 5.41) is 0. The molecule has 29 heavy (non-hydrogen) atoms. The first-order valence-corrected chi connectivity index (χ1v) is 9.55. The summed E-state index contributed by atoms with van der Waals surface area (Å²) < 4.78 is 34.4. The second-order valence-corrected chi connectivity index (χ2v) is 7.40. The smallest absolute Gasteiger partial charge is 0.291 e. The van der Waals surface area contributed by atoms with Crippen LogP contribution in [0.15, 0.2) is 23.0 Å². The van der Waals surface area contributed by atoms with E-state index in [0.717, 1.165) is 10.1 Å². The van der Waals surface area contributed by atoms with Crippen molar-refractivity contribution in [1.82, 2.24) is 9.55 Å². The molecule has 0 aliphatic carbocycles. The van der Waals surface area contributed by atoms with Crippen molar-refractivity contribution < 1.29 is 18.3 Å². The van der Waals surface area contributed by atoms with E-state index in [9.17, 15) is 18.4 Å². The molecular weight excluding hydrogens is 382 g/mol. The van der Waals surface area contributed by atoms with E-state index in [2.05, 4.69) is 4.98 Å². The van der Waals surface area contributed by atoms with Gasteiger partial charge in [-0.15, -0.1) is 0 Å². The summed E-state index contributed by atoms with van der Waals surface area (Å²) in [6.07, 6.45) is 0.387. The van der Waals surface area contributed by atoms with Crippen molar-refractivity contribution in [2.45, 2.75) is 25.8 Å². The Morgan fingerprint density at radius 2 is 2.00 bits per heavy atom. The van der Waals surface area contributed by atoms with Gasteiger partial charge < -0.3 is 14.5 Å². The molecule has 1 aromatic heterocycles. The molecule has 7 nitrogen and oxygen atoms in total. The van der Waals surface area contributed by atoms with Gasteiger partial charge in [0.1, 0.15) is 11.6 Å². The molecule has 1 atom stereocenters. The molecule has 1 fully saturated rings. The molecule has 0 N–H and O–H groups in total. The summed E-state index contributed by atoms with van der Waals surface area (Å²) in [6, 6.07) is 4.19.